The van der Waals surface area contributed by atoms with E-state index in [0.29, 0.717) is 0 Å². The van der Waals surface area contributed by atoms with Gasteiger partial charge in [0.05, 0.1) is 0 Å². The summed E-state index contributed by atoms with van der Waals surface area (Å²) in [6.45, 7) is 9.15. The van der Waals surface area contributed by atoms with Gasteiger partial charge in [-0.2, -0.15) is 4.98 Å². The number of hydrogen-bond acceptors (Lipinski definition) is 5. The first-order valence-corrected chi connectivity index (χ1v) is 9.41. The minimum Gasteiger partial charge on any atom is -0.370 e. The van der Waals surface area contributed by atoms with Crippen LogP contribution in [0.25, 0.3) is 0 Å². The van der Waals surface area contributed by atoms with E-state index in [0.717, 1.165) is 50.2 Å². The Morgan fingerprint density at radius 3 is 2.40 bits per heavy atom. The molecule has 1 fully saturated rings. The third-order valence-electron chi connectivity index (χ3n) is 4.61. The van der Waals surface area contributed by atoms with Crippen LogP contribution in [-0.2, 0) is 0 Å². The summed E-state index contributed by atoms with van der Waals surface area (Å²) in [5.41, 5.74) is 2.32. The Morgan fingerprint density at radius 2 is 1.68 bits per heavy atom. The summed E-state index contributed by atoms with van der Waals surface area (Å²) in [6, 6.07) is 12.7. The van der Waals surface area contributed by atoms with Gasteiger partial charge in [-0.05, 0) is 25.5 Å². The third kappa shape index (κ3) is 4.84. The predicted molar refractivity (Wildman–Crippen MR) is 106 cm³/mol. The summed E-state index contributed by atoms with van der Waals surface area (Å²) in [5, 5.41) is 3.45. The van der Waals surface area contributed by atoms with Crippen molar-refractivity contribution in [2.45, 2.75) is 33.1 Å². The van der Waals surface area contributed by atoms with Crippen molar-refractivity contribution in [3.8, 4) is 0 Å². The van der Waals surface area contributed by atoms with Crippen LogP contribution in [0.2, 0.25) is 0 Å². The molecule has 1 aliphatic heterocycles. The smallest absolute Gasteiger partial charge is 0.227 e. The first kappa shape index (κ1) is 17.5. The molecule has 0 aliphatic carbocycles. The van der Waals surface area contributed by atoms with Crippen LogP contribution < -0.4 is 15.1 Å². The van der Waals surface area contributed by atoms with Crippen molar-refractivity contribution in [2.24, 2.45) is 0 Å². The van der Waals surface area contributed by atoms with E-state index in [1.54, 1.807) is 0 Å². The molecule has 5 nitrogen and oxygen atoms in total. The average molecular weight is 339 g/mol. The van der Waals surface area contributed by atoms with Crippen molar-refractivity contribution in [2.75, 3.05) is 47.8 Å². The number of rotatable bonds is 7. The van der Waals surface area contributed by atoms with E-state index >= 15 is 0 Å². The predicted octanol–water partition coefficient (Wildman–Crippen LogP) is 3.71. The number of piperazine rings is 1. The van der Waals surface area contributed by atoms with Crippen molar-refractivity contribution in [3.63, 3.8) is 0 Å². The van der Waals surface area contributed by atoms with Crippen LogP contribution in [0.3, 0.4) is 0 Å². The number of unbranched alkanes of at least 4 members (excludes halogenated alkanes) is 2. The Balaban J connectivity index is 1.60. The summed E-state index contributed by atoms with van der Waals surface area (Å²) in [6.07, 6.45) is 3.68. The average Bonchev–Trinajstić information content (AvgIpc) is 2.66. The van der Waals surface area contributed by atoms with Crippen LogP contribution in [0, 0.1) is 6.92 Å². The lowest BCUT2D eigenvalue weighted by atomic mass is 10.2. The van der Waals surface area contributed by atoms with Gasteiger partial charge in [0.2, 0.25) is 5.95 Å². The molecule has 3 rings (SSSR count). The molecule has 0 atom stereocenters. The second-order valence-corrected chi connectivity index (χ2v) is 6.64. The van der Waals surface area contributed by atoms with Crippen molar-refractivity contribution >= 4 is 17.5 Å². The van der Waals surface area contributed by atoms with Gasteiger partial charge in [-0.25, -0.2) is 4.98 Å². The number of nitrogens with one attached hydrogen (secondary N) is 1. The molecule has 5 heteroatoms. The van der Waals surface area contributed by atoms with E-state index in [9.17, 15) is 0 Å². The molecular formula is C20H29N5. The van der Waals surface area contributed by atoms with E-state index < -0.39 is 0 Å². The van der Waals surface area contributed by atoms with Crippen LogP contribution in [0.1, 0.15) is 31.9 Å². The van der Waals surface area contributed by atoms with Gasteiger partial charge in [-0.3, -0.25) is 0 Å². The number of benzene rings is 1. The number of para-hydroxylation sites is 1. The molecule has 0 unspecified atom stereocenters. The molecular weight excluding hydrogens is 310 g/mol. The monoisotopic (exact) mass is 339 g/mol. The number of aromatic nitrogens is 2. The van der Waals surface area contributed by atoms with Gasteiger partial charge < -0.3 is 15.1 Å². The third-order valence-corrected chi connectivity index (χ3v) is 4.61. The van der Waals surface area contributed by atoms with E-state index in [1.165, 1.54) is 24.9 Å². The van der Waals surface area contributed by atoms with Gasteiger partial charge in [0, 0.05) is 50.2 Å². The Hall–Kier alpha value is -2.30. The summed E-state index contributed by atoms with van der Waals surface area (Å²) < 4.78 is 0. The molecule has 1 N–H and O–H groups in total. The number of nitrogens with zero attached hydrogens (tertiary/aromatic N) is 4. The van der Waals surface area contributed by atoms with Crippen LogP contribution in [-0.4, -0.2) is 42.7 Å². The van der Waals surface area contributed by atoms with E-state index in [-0.39, 0.29) is 0 Å². The van der Waals surface area contributed by atoms with Gasteiger partial charge in [0.25, 0.3) is 0 Å². The molecule has 2 aromatic rings. The van der Waals surface area contributed by atoms with Gasteiger partial charge in [0.15, 0.2) is 0 Å². The highest BCUT2D eigenvalue weighted by molar-refractivity contribution is 5.49. The Morgan fingerprint density at radius 1 is 0.960 bits per heavy atom. The highest BCUT2D eigenvalue weighted by Crippen LogP contribution is 2.19. The maximum atomic E-state index is 4.74. The summed E-state index contributed by atoms with van der Waals surface area (Å²) in [4.78, 5) is 14.1. The molecule has 1 aliphatic rings. The van der Waals surface area contributed by atoms with Crippen molar-refractivity contribution < 1.29 is 0 Å². The fourth-order valence-electron chi connectivity index (χ4n) is 3.18. The summed E-state index contributed by atoms with van der Waals surface area (Å²) in [5.74, 6) is 1.80. The lowest BCUT2D eigenvalue weighted by molar-refractivity contribution is 0.639. The van der Waals surface area contributed by atoms with E-state index in [4.69, 9.17) is 4.98 Å². The second-order valence-electron chi connectivity index (χ2n) is 6.64. The molecule has 1 aromatic carbocycles. The molecule has 1 saturated heterocycles. The van der Waals surface area contributed by atoms with Gasteiger partial charge in [-0.1, -0.05) is 38.0 Å². The molecule has 0 saturated carbocycles. The first-order chi connectivity index (χ1) is 12.3. The largest absolute Gasteiger partial charge is 0.370 e. The molecule has 0 amide bonds. The molecule has 0 radical (unpaired) electrons. The zero-order valence-electron chi connectivity index (χ0n) is 15.4. The van der Waals surface area contributed by atoms with E-state index in [2.05, 4.69) is 57.4 Å². The van der Waals surface area contributed by atoms with Gasteiger partial charge in [-0.15, -0.1) is 0 Å². The molecule has 134 valence electrons. The van der Waals surface area contributed by atoms with Gasteiger partial charge >= 0.3 is 0 Å². The zero-order valence-corrected chi connectivity index (χ0v) is 15.4. The van der Waals surface area contributed by atoms with Crippen molar-refractivity contribution in [3.05, 3.63) is 42.1 Å². The molecule has 0 bridgehead atoms. The Kier molecular flexibility index (Phi) is 6.09. The van der Waals surface area contributed by atoms with Crippen LogP contribution in [0.5, 0.6) is 0 Å². The topological polar surface area (TPSA) is 44.3 Å². The maximum absolute atomic E-state index is 4.74. The first-order valence-electron chi connectivity index (χ1n) is 9.41. The fraction of sp³-hybridized carbons (Fsp3) is 0.500. The molecule has 1 aromatic heterocycles. The van der Waals surface area contributed by atoms with Crippen LogP contribution >= 0.6 is 0 Å². The second kappa shape index (κ2) is 8.70. The normalized spacial score (nSPS) is 14.6. The number of hydrogen-bond donors (Lipinski definition) is 1. The highest BCUT2D eigenvalue weighted by Gasteiger charge is 2.19. The summed E-state index contributed by atoms with van der Waals surface area (Å²) in [7, 11) is 0. The van der Waals surface area contributed by atoms with Crippen LogP contribution in [0.4, 0.5) is 17.5 Å². The fourth-order valence-corrected chi connectivity index (χ4v) is 3.18. The molecule has 0 spiro atoms. The molecule has 2 heterocycles. The lowest BCUT2D eigenvalue weighted by Gasteiger charge is -2.36. The Labute approximate surface area is 151 Å². The number of anilines is 3. The lowest BCUT2D eigenvalue weighted by Crippen LogP contribution is -2.47. The Bertz CT molecular complexity index is 650. The van der Waals surface area contributed by atoms with Crippen molar-refractivity contribution in [1.29, 1.82) is 0 Å². The van der Waals surface area contributed by atoms with E-state index in [1.807, 2.05) is 13.0 Å². The minimum atomic E-state index is 0.853. The minimum absolute atomic E-state index is 0.853. The zero-order chi connectivity index (χ0) is 17.5. The quantitative estimate of drug-likeness (QED) is 0.779. The van der Waals surface area contributed by atoms with Crippen LogP contribution in [0.15, 0.2) is 36.4 Å². The standard InChI is InChI=1S/C20H29N5/c1-3-4-8-11-21-19-16-17(2)22-20(23-19)25-14-12-24(13-15-25)18-9-6-5-7-10-18/h5-7,9-10,16H,3-4,8,11-15H2,1-2H3,(H,21,22,23). The van der Waals surface area contributed by atoms with Crippen molar-refractivity contribution in [1.82, 2.24) is 9.97 Å². The highest BCUT2D eigenvalue weighted by atomic mass is 15.3. The SMILES string of the molecule is CCCCCNc1cc(C)nc(N2CCN(c3ccccc3)CC2)n1. The molecule has 25 heavy (non-hydrogen) atoms. The van der Waals surface area contributed by atoms with Gasteiger partial charge in [0.1, 0.15) is 5.82 Å². The number of aryl methyl sites for hydroxylation is 1. The summed E-state index contributed by atoms with van der Waals surface area (Å²) >= 11 is 0. The maximum Gasteiger partial charge on any atom is 0.227 e.